The molecule has 0 aliphatic carbocycles. The van der Waals surface area contributed by atoms with Crippen LogP contribution in [0.2, 0.25) is 0 Å². The molecule has 3 unspecified atom stereocenters. The molecule has 0 aromatic heterocycles. The Morgan fingerprint density at radius 3 is 1.62 bits per heavy atom. The van der Waals surface area contributed by atoms with E-state index in [1.807, 2.05) is 0 Å². The topological polar surface area (TPSA) is 30.9 Å². The minimum atomic E-state index is -0.231. The van der Waals surface area contributed by atoms with Gasteiger partial charge in [0, 0.05) is 12.1 Å². The smallest absolute Gasteiger partial charge is 0.102 e. The van der Waals surface area contributed by atoms with E-state index in [9.17, 15) is 0 Å². The third kappa shape index (κ3) is 8.24. The van der Waals surface area contributed by atoms with Crippen LogP contribution in [-0.2, 0) is 14.2 Å². The van der Waals surface area contributed by atoms with Crippen LogP contribution in [0.3, 0.4) is 0 Å². The van der Waals surface area contributed by atoms with Gasteiger partial charge in [0.2, 0.25) is 0 Å². The van der Waals surface area contributed by atoms with Gasteiger partial charge in [-0.15, -0.1) is 0 Å². The van der Waals surface area contributed by atoms with Crippen LogP contribution in [0, 0.1) is 0 Å². The summed E-state index contributed by atoms with van der Waals surface area (Å²) in [7, 11) is 0. The molecule has 0 bridgehead atoms. The van der Waals surface area contributed by atoms with Gasteiger partial charge in [0.05, 0.1) is 35.6 Å². The second-order valence-corrected chi connectivity index (χ2v) is 11.6. The zero-order valence-corrected chi connectivity index (χ0v) is 19.5. The predicted molar refractivity (Wildman–Crippen MR) is 110 cm³/mol. The molecule has 4 heteroatoms. The van der Waals surface area contributed by atoms with Gasteiger partial charge in [0.15, 0.2) is 0 Å². The molecular formula is C22H45NO3. The summed E-state index contributed by atoms with van der Waals surface area (Å²) in [6.45, 7) is 27.5. The minimum Gasteiger partial charge on any atom is -0.374 e. The molecule has 1 heterocycles. The quantitative estimate of drug-likeness (QED) is 0.692. The highest BCUT2D eigenvalue weighted by Crippen LogP contribution is 2.34. The van der Waals surface area contributed by atoms with Crippen LogP contribution in [0.25, 0.3) is 0 Å². The van der Waals surface area contributed by atoms with E-state index < -0.39 is 0 Å². The summed E-state index contributed by atoms with van der Waals surface area (Å²) >= 11 is 0. The fourth-order valence-corrected chi connectivity index (χ4v) is 3.52. The molecule has 26 heavy (non-hydrogen) atoms. The van der Waals surface area contributed by atoms with Gasteiger partial charge in [-0.1, -0.05) is 0 Å². The highest BCUT2D eigenvalue weighted by molar-refractivity contribution is 4.98. The monoisotopic (exact) mass is 371 g/mol. The van der Waals surface area contributed by atoms with E-state index in [1.165, 1.54) is 0 Å². The summed E-state index contributed by atoms with van der Waals surface area (Å²) in [4.78, 5) is 2.54. The Morgan fingerprint density at radius 2 is 1.23 bits per heavy atom. The summed E-state index contributed by atoms with van der Waals surface area (Å²) in [5.74, 6) is 0. The van der Waals surface area contributed by atoms with Gasteiger partial charge in [-0.2, -0.15) is 0 Å². The average molecular weight is 372 g/mol. The molecule has 0 spiro atoms. The molecule has 1 aliphatic rings. The Hall–Kier alpha value is -0.160. The van der Waals surface area contributed by atoms with Crippen molar-refractivity contribution in [3.8, 4) is 0 Å². The van der Waals surface area contributed by atoms with E-state index in [0.717, 1.165) is 13.0 Å². The van der Waals surface area contributed by atoms with Gasteiger partial charge >= 0.3 is 0 Å². The van der Waals surface area contributed by atoms with Crippen LogP contribution in [0.15, 0.2) is 0 Å². The van der Waals surface area contributed by atoms with Crippen LogP contribution in [0.5, 0.6) is 0 Å². The van der Waals surface area contributed by atoms with Crippen molar-refractivity contribution in [3.63, 3.8) is 0 Å². The Balaban J connectivity index is 3.19. The van der Waals surface area contributed by atoms with Crippen molar-refractivity contribution in [2.24, 2.45) is 0 Å². The zero-order chi connectivity index (χ0) is 20.6. The lowest BCUT2D eigenvalue weighted by Crippen LogP contribution is -2.65. The Kier molecular flexibility index (Phi) is 7.41. The normalized spacial score (nSPS) is 27.0. The number of hydrogen-bond donors (Lipinski definition) is 0. The summed E-state index contributed by atoms with van der Waals surface area (Å²) in [5, 5.41) is 0. The van der Waals surface area contributed by atoms with Gasteiger partial charge in [-0.05, 0) is 89.5 Å². The van der Waals surface area contributed by atoms with Crippen LogP contribution in [-0.4, -0.2) is 58.6 Å². The second-order valence-electron chi connectivity index (χ2n) is 11.6. The number of likely N-dealkylation sites (tertiary alicyclic amines) is 1. The molecule has 0 radical (unpaired) electrons. The minimum absolute atomic E-state index is 0.0236. The molecular weight excluding hydrogens is 326 g/mol. The first-order valence-corrected chi connectivity index (χ1v) is 10.2. The predicted octanol–water partition coefficient (Wildman–Crippen LogP) is 5.04. The first-order chi connectivity index (χ1) is 11.4. The fraction of sp³-hybridized carbons (Fsp3) is 1.00. The van der Waals surface area contributed by atoms with Gasteiger partial charge < -0.3 is 14.2 Å². The molecule has 0 amide bonds. The lowest BCUT2D eigenvalue weighted by molar-refractivity contribution is -0.221. The summed E-state index contributed by atoms with van der Waals surface area (Å²) in [6, 6.07) is 0.162. The number of nitrogens with zero attached hydrogens (tertiary/aromatic N) is 1. The van der Waals surface area contributed by atoms with E-state index in [0.29, 0.717) is 6.61 Å². The van der Waals surface area contributed by atoms with Gasteiger partial charge in [-0.25, -0.2) is 0 Å². The maximum atomic E-state index is 6.59. The molecule has 0 N–H and O–H groups in total. The van der Waals surface area contributed by atoms with E-state index in [-0.39, 0.29) is 40.6 Å². The van der Waals surface area contributed by atoms with Crippen molar-refractivity contribution in [1.82, 2.24) is 4.90 Å². The van der Waals surface area contributed by atoms with Crippen LogP contribution in [0.4, 0.5) is 0 Å². The Morgan fingerprint density at radius 1 is 0.731 bits per heavy atom. The largest absolute Gasteiger partial charge is 0.374 e. The van der Waals surface area contributed by atoms with E-state index in [4.69, 9.17) is 14.2 Å². The van der Waals surface area contributed by atoms with E-state index >= 15 is 0 Å². The molecule has 0 aromatic carbocycles. The summed E-state index contributed by atoms with van der Waals surface area (Å²) < 4.78 is 19.3. The molecule has 0 saturated carbocycles. The number of piperidine rings is 1. The van der Waals surface area contributed by atoms with Gasteiger partial charge in [0.1, 0.15) is 6.10 Å². The number of hydrogen-bond acceptors (Lipinski definition) is 4. The second kappa shape index (κ2) is 8.06. The molecule has 156 valence electrons. The highest BCUT2D eigenvalue weighted by Gasteiger charge is 2.46. The van der Waals surface area contributed by atoms with Crippen LogP contribution >= 0.6 is 0 Å². The number of ether oxygens (including phenoxy) is 3. The Labute approximate surface area is 162 Å². The third-order valence-electron chi connectivity index (χ3n) is 4.34. The third-order valence-corrected chi connectivity index (χ3v) is 4.34. The van der Waals surface area contributed by atoms with Gasteiger partial charge in [-0.3, -0.25) is 4.90 Å². The maximum absolute atomic E-state index is 6.59. The average Bonchev–Trinajstić information content (AvgIpc) is 2.33. The number of rotatable bonds is 4. The van der Waals surface area contributed by atoms with Crippen molar-refractivity contribution in [2.45, 2.75) is 130 Å². The molecule has 0 aromatic rings. The SMILES string of the molecule is CC(C)(C)OCC1C(OC(C)(C)C)C(OC(C)(C)C)CCN1C(C)(C)C. The van der Waals surface area contributed by atoms with E-state index in [2.05, 4.69) is 88.0 Å². The van der Waals surface area contributed by atoms with Crippen LogP contribution < -0.4 is 0 Å². The fourth-order valence-electron chi connectivity index (χ4n) is 3.52. The molecule has 3 atom stereocenters. The molecule has 1 aliphatic heterocycles. The van der Waals surface area contributed by atoms with Crippen molar-refractivity contribution >= 4 is 0 Å². The van der Waals surface area contributed by atoms with Crippen molar-refractivity contribution < 1.29 is 14.2 Å². The lowest BCUT2D eigenvalue weighted by atomic mass is 9.89. The van der Waals surface area contributed by atoms with Crippen molar-refractivity contribution in [1.29, 1.82) is 0 Å². The molecule has 1 saturated heterocycles. The molecule has 4 nitrogen and oxygen atoms in total. The zero-order valence-electron chi connectivity index (χ0n) is 19.5. The molecule has 1 rings (SSSR count). The lowest BCUT2D eigenvalue weighted by Gasteiger charge is -2.52. The highest BCUT2D eigenvalue weighted by atomic mass is 16.6. The maximum Gasteiger partial charge on any atom is 0.102 e. The summed E-state index contributed by atoms with van der Waals surface area (Å²) in [6.07, 6.45) is 1.02. The standard InChI is InChI=1S/C22H45NO3/c1-19(2,3)23-14-13-17(25-21(7,8)9)18(26-22(10,11)12)16(23)15-24-20(4,5)6/h16-18H,13-15H2,1-12H3. The van der Waals surface area contributed by atoms with Gasteiger partial charge in [0.25, 0.3) is 0 Å². The van der Waals surface area contributed by atoms with Crippen molar-refractivity contribution in [3.05, 3.63) is 0 Å². The van der Waals surface area contributed by atoms with Crippen molar-refractivity contribution in [2.75, 3.05) is 13.2 Å². The van der Waals surface area contributed by atoms with Crippen LogP contribution in [0.1, 0.15) is 89.5 Å². The first kappa shape index (κ1) is 23.9. The van der Waals surface area contributed by atoms with E-state index in [1.54, 1.807) is 0 Å². The Bertz CT molecular complexity index is 434. The summed E-state index contributed by atoms with van der Waals surface area (Å²) in [5.41, 5.74) is -0.541. The first-order valence-electron chi connectivity index (χ1n) is 10.2. The molecule has 1 fully saturated rings.